The third-order valence-corrected chi connectivity index (χ3v) is 4.07. The SMILES string of the molecule is CC(C)CC1(C)COCOC1C1OCCC1C. The molecule has 2 aliphatic heterocycles. The van der Waals surface area contributed by atoms with Crippen LogP contribution in [0.2, 0.25) is 0 Å². The van der Waals surface area contributed by atoms with Crippen molar-refractivity contribution in [2.45, 2.75) is 52.7 Å². The molecule has 2 saturated heterocycles. The van der Waals surface area contributed by atoms with Gasteiger partial charge in [0.15, 0.2) is 0 Å². The molecule has 0 N–H and O–H groups in total. The van der Waals surface area contributed by atoms with Crippen molar-refractivity contribution in [2.75, 3.05) is 20.0 Å². The Morgan fingerprint density at radius 2 is 2.06 bits per heavy atom. The van der Waals surface area contributed by atoms with Gasteiger partial charge in [0.05, 0.1) is 18.8 Å². The molecule has 0 aromatic carbocycles. The van der Waals surface area contributed by atoms with E-state index in [0.717, 1.165) is 26.1 Å². The van der Waals surface area contributed by atoms with Crippen molar-refractivity contribution in [3.05, 3.63) is 0 Å². The summed E-state index contributed by atoms with van der Waals surface area (Å²) in [6, 6.07) is 0. The Kier molecular flexibility index (Phi) is 4.11. The smallest absolute Gasteiger partial charge is 0.147 e. The maximum absolute atomic E-state index is 5.90. The van der Waals surface area contributed by atoms with Crippen molar-refractivity contribution in [1.82, 2.24) is 0 Å². The predicted octanol–water partition coefficient (Wildman–Crippen LogP) is 2.84. The normalized spacial score (nSPS) is 43.2. The summed E-state index contributed by atoms with van der Waals surface area (Å²) in [7, 11) is 0. The van der Waals surface area contributed by atoms with Gasteiger partial charge >= 0.3 is 0 Å². The van der Waals surface area contributed by atoms with Crippen molar-refractivity contribution >= 4 is 0 Å². The molecule has 3 heteroatoms. The summed E-state index contributed by atoms with van der Waals surface area (Å²) in [5.74, 6) is 1.26. The van der Waals surface area contributed by atoms with Crippen LogP contribution in [0.5, 0.6) is 0 Å². The maximum atomic E-state index is 5.90. The van der Waals surface area contributed by atoms with Crippen LogP contribution >= 0.6 is 0 Å². The van der Waals surface area contributed by atoms with E-state index in [1.54, 1.807) is 0 Å². The lowest BCUT2D eigenvalue weighted by molar-refractivity contribution is -0.240. The van der Waals surface area contributed by atoms with Gasteiger partial charge in [0.1, 0.15) is 6.79 Å². The zero-order valence-electron chi connectivity index (χ0n) is 11.6. The molecule has 0 bridgehead atoms. The van der Waals surface area contributed by atoms with Crippen molar-refractivity contribution in [2.24, 2.45) is 17.3 Å². The van der Waals surface area contributed by atoms with Gasteiger partial charge in [-0.05, 0) is 24.7 Å². The summed E-state index contributed by atoms with van der Waals surface area (Å²) < 4.78 is 17.3. The molecule has 4 unspecified atom stereocenters. The van der Waals surface area contributed by atoms with Crippen molar-refractivity contribution in [1.29, 1.82) is 0 Å². The fourth-order valence-corrected chi connectivity index (χ4v) is 3.38. The molecule has 2 aliphatic rings. The van der Waals surface area contributed by atoms with E-state index < -0.39 is 0 Å². The molecule has 0 aromatic rings. The van der Waals surface area contributed by atoms with E-state index in [1.807, 2.05) is 0 Å². The molecule has 2 heterocycles. The molecule has 3 nitrogen and oxygen atoms in total. The predicted molar refractivity (Wildman–Crippen MR) is 66.8 cm³/mol. The number of hydrogen-bond donors (Lipinski definition) is 0. The molecule has 0 aliphatic carbocycles. The third-order valence-electron chi connectivity index (χ3n) is 4.07. The van der Waals surface area contributed by atoms with E-state index >= 15 is 0 Å². The third kappa shape index (κ3) is 2.83. The Hall–Kier alpha value is -0.120. The molecule has 0 saturated carbocycles. The maximum Gasteiger partial charge on any atom is 0.147 e. The second kappa shape index (κ2) is 5.25. The number of ether oxygens (including phenoxy) is 3. The summed E-state index contributed by atoms with van der Waals surface area (Å²) in [4.78, 5) is 0. The monoisotopic (exact) mass is 242 g/mol. The minimum absolute atomic E-state index is 0.0929. The summed E-state index contributed by atoms with van der Waals surface area (Å²) in [6.07, 6.45) is 2.73. The molecule has 0 aromatic heterocycles. The minimum atomic E-state index is 0.0929. The molecule has 0 radical (unpaired) electrons. The molecule has 17 heavy (non-hydrogen) atoms. The van der Waals surface area contributed by atoms with Crippen molar-refractivity contribution < 1.29 is 14.2 Å². The molecule has 4 atom stereocenters. The highest BCUT2D eigenvalue weighted by Gasteiger charge is 2.46. The van der Waals surface area contributed by atoms with E-state index in [9.17, 15) is 0 Å². The van der Waals surface area contributed by atoms with Gasteiger partial charge in [-0.15, -0.1) is 0 Å². The molecule has 0 amide bonds. The average Bonchev–Trinajstić information content (AvgIpc) is 2.63. The van der Waals surface area contributed by atoms with Crippen LogP contribution in [0.25, 0.3) is 0 Å². The lowest BCUT2D eigenvalue weighted by Crippen LogP contribution is -2.51. The summed E-state index contributed by atoms with van der Waals surface area (Å²) in [5.41, 5.74) is 0.0929. The Morgan fingerprint density at radius 3 is 2.65 bits per heavy atom. The van der Waals surface area contributed by atoms with Crippen LogP contribution in [0.15, 0.2) is 0 Å². The van der Waals surface area contributed by atoms with E-state index in [-0.39, 0.29) is 17.6 Å². The quantitative estimate of drug-likeness (QED) is 0.761. The summed E-state index contributed by atoms with van der Waals surface area (Å²) >= 11 is 0. The van der Waals surface area contributed by atoms with E-state index in [4.69, 9.17) is 14.2 Å². The van der Waals surface area contributed by atoms with Gasteiger partial charge in [-0.2, -0.15) is 0 Å². The van der Waals surface area contributed by atoms with Crippen LogP contribution in [-0.4, -0.2) is 32.2 Å². The van der Waals surface area contributed by atoms with Gasteiger partial charge in [-0.25, -0.2) is 0 Å². The van der Waals surface area contributed by atoms with Crippen LogP contribution in [0, 0.1) is 17.3 Å². The Morgan fingerprint density at radius 1 is 1.29 bits per heavy atom. The first kappa shape index (κ1) is 13.3. The molecule has 100 valence electrons. The molecular formula is C14H26O3. The zero-order valence-corrected chi connectivity index (χ0v) is 11.6. The molecular weight excluding hydrogens is 216 g/mol. The van der Waals surface area contributed by atoms with E-state index in [1.165, 1.54) is 0 Å². The Bertz CT molecular complexity index is 254. The van der Waals surface area contributed by atoms with E-state index in [2.05, 4.69) is 27.7 Å². The van der Waals surface area contributed by atoms with Crippen LogP contribution in [0.1, 0.15) is 40.5 Å². The highest BCUT2D eigenvalue weighted by molar-refractivity contribution is 4.94. The molecule has 2 fully saturated rings. The lowest BCUT2D eigenvalue weighted by atomic mass is 9.73. The number of hydrogen-bond acceptors (Lipinski definition) is 3. The first-order chi connectivity index (χ1) is 8.03. The van der Waals surface area contributed by atoms with Gasteiger partial charge in [-0.1, -0.05) is 27.7 Å². The van der Waals surface area contributed by atoms with E-state index in [0.29, 0.717) is 18.6 Å². The zero-order chi connectivity index (χ0) is 12.5. The highest BCUT2D eigenvalue weighted by Crippen LogP contribution is 2.41. The summed E-state index contributed by atoms with van der Waals surface area (Å²) in [5, 5.41) is 0. The van der Waals surface area contributed by atoms with Gasteiger partial charge in [0, 0.05) is 12.0 Å². The van der Waals surface area contributed by atoms with Gasteiger partial charge in [0.25, 0.3) is 0 Å². The van der Waals surface area contributed by atoms with Gasteiger partial charge in [-0.3, -0.25) is 0 Å². The van der Waals surface area contributed by atoms with Crippen molar-refractivity contribution in [3.8, 4) is 0 Å². The second-order valence-electron chi connectivity index (χ2n) is 6.41. The Balaban J connectivity index is 2.10. The van der Waals surface area contributed by atoms with Gasteiger partial charge in [0.2, 0.25) is 0 Å². The fourth-order valence-electron chi connectivity index (χ4n) is 3.38. The highest BCUT2D eigenvalue weighted by atomic mass is 16.7. The second-order valence-corrected chi connectivity index (χ2v) is 6.41. The average molecular weight is 242 g/mol. The largest absolute Gasteiger partial charge is 0.375 e. The molecule has 2 rings (SSSR count). The van der Waals surface area contributed by atoms with Gasteiger partial charge < -0.3 is 14.2 Å². The van der Waals surface area contributed by atoms with Crippen LogP contribution in [0.3, 0.4) is 0 Å². The number of rotatable bonds is 3. The fraction of sp³-hybridized carbons (Fsp3) is 1.00. The van der Waals surface area contributed by atoms with Crippen LogP contribution in [0.4, 0.5) is 0 Å². The first-order valence-electron chi connectivity index (χ1n) is 6.84. The standard InChI is InChI=1S/C14H26O3/c1-10(2)7-14(4)8-15-9-17-13(14)12-11(3)5-6-16-12/h10-13H,5-9H2,1-4H3. The Labute approximate surface area is 105 Å². The first-order valence-corrected chi connectivity index (χ1v) is 6.84. The lowest BCUT2D eigenvalue weighted by Gasteiger charge is -2.45. The molecule has 0 spiro atoms. The topological polar surface area (TPSA) is 27.7 Å². The van der Waals surface area contributed by atoms with Crippen LogP contribution < -0.4 is 0 Å². The minimum Gasteiger partial charge on any atom is -0.375 e. The van der Waals surface area contributed by atoms with Crippen LogP contribution in [-0.2, 0) is 14.2 Å². The summed E-state index contributed by atoms with van der Waals surface area (Å²) in [6.45, 7) is 11.2. The van der Waals surface area contributed by atoms with Crippen molar-refractivity contribution in [3.63, 3.8) is 0 Å².